The van der Waals surface area contributed by atoms with Crippen LogP contribution in [0.25, 0.3) is 0 Å². The molecule has 0 aromatic heterocycles. The number of rotatable bonds is 10. The van der Waals surface area contributed by atoms with Crippen molar-refractivity contribution in [1.82, 2.24) is 5.32 Å². The first kappa shape index (κ1) is 20.0. The highest BCUT2D eigenvalue weighted by atomic mass is 16.6. The van der Waals surface area contributed by atoms with Gasteiger partial charge in [0, 0.05) is 18.0 Å². The third-order valence-corrected chi connectivity index (χ3v) is 4.75. The van der Waals surface area contributed by atoms with Crippen LogP contribution < -0.4 is 5.32 Å². The molecule has 0 aromatic rings. The number of nitrogens with one attached hydrogen (secondary N) is 1. The molecule has 4 atom stereocenters. The summed E-state index contributed by atoms with van der Waals surface area (Å²) >= 11 is 0. The molecule has 2 aliphatic heterocycles. The fourth-order valence-electron chi connectivity index (χ4n) is 3.17. The molecule has 0 unspecified atom stereocenters. The average molecular weight is 361 g/mol. The second-order valence-corrected chi connectivity index (χ2v) is 6.88. The number of carbonyl (C=O) groups is 2. The lowest BCUT2D eigenvalue weighted by atomic mass is 9.86. The number of carbonyl (C=O) groups excluding carboxylic acids is 2. The SMILES string of the molecule is C=CCNC(=O)OCC(=C)CC[C@H]1C(=C)C(=O)O[C@@H]1[C@H]1O[C@]1(C)CC=C. The molecule has 2 rings (SSSR count). The van der Waals surface area contributed by atoms with Gasteiger partial charge in [0.25, 0.3) is 0 Å². The number of esters is 1. The highest BCUT2D eigenvalue weighted by Gasteiger charge is 2.61. The minimum absolute atomic E-state index is 0.121. The molecular formula is C20H27NO5. The summed E-state index contributed by atoms with van der Waals surface area (Å²) in [6, 6.07) is 0. The minimum atomic E-state index is -0.515. The van der Waals surface area contributed by atoms with Crippen LogP contribution in [-0.2, 0) is 19.0 Å². The van der Waals surface area contributed by atoms with E-state index in [0.717, 1.165) is 5.57 Å². The summed E-state index contributed by atoms with van der Waals surface area (Å²) in [7, 11) is 0. The standard InChI is InChI=1S/C20H27NO5/c1-6-10-20(5)17(26-20)16-15(14(4)18(22)25-16)9-8-13(3)12-24-19(23)21-11-7-2/h6-7,15-17H,1-4,8-12H2,5H3,(H,21,23)/t15-,16-,17+,20+/m0/s1. The number of ether oxygens (including phenoxy) is 3. The van der Waals surface area contributed by atoms with E-state index in [1.807, 2.05) is 6.92 Å². The van der Waals surface area contributed by atoms with E-state index >= 15 is 0 Å². The summed E-state index contributed by atoms with van der Waals surface area (Å²) in [5.41, 5.74) is 0.887. The lowest BCUT2D eigenvalue weighted by Crippen LogP contribution is -2.28. The number of alkyl carbamates (subject to hydrolysis) is 1. The highest BCUT2D eigenvalue weighted by molar-refractivity contribution is 5.91. The monoisotopic (exact) mass is 361 g/mol. The first-order valence-electron chi connectivity index (χ1n) is 8.69. The van der Waals surface area contributed by atoms with Crippen molar-refractivity contribution < 1.29 is 23.8 Å². The molecule has 6 heteroatoms. The molecule has 2 heterocycles. The molecule has 1 N–H and O–H groups in total. The van der Waals surface area contributed by atoms with Crippen molar-refractivity contribution in [2.75, 3.05) is 13.2 Å². The normalized spacial score (nSPS) is 29.7. The lowest BCUT2D eigenvalue weighted by molar-refractivity contribution is -0.140. The Kier molecular flexibility index (Phi) is 6.42. The Morgan fingerprint density at radius 2 is 2.12 bits per heavy atom. The molecule has 0 saturated carbocycles. The summed E-state index contributed by atoms with van der Waals surface area (Å²) in [5, 5.41) is 2.53. The largest absolute Gasteiger partial charge is 0.455 e. The zero-order chi connectivity index (χ0) is 19.3. The number of hydrogen-bond donors (Lipinski definition) is 1. The van der Waals surface area contributed by atoms with E-state index in [9.17, 15) is 9.59 Å². The van der Waals surface area contributed by atoms with Crippen LogP contribution in [0.1, 0.15) is 26.2 Å². The smallest absolute Gasteiger partial charge is 0.407 e. The van der Waals surface area contributed by atoms with Gasteiger partial charge in [-0.15, -0.1) is 13.2 Å². The highest BCUT2D eigenvalue weighted by Crippen LogP contribution is 2.48. The van der Waals surface area contributed by atoms with Gasteiger partial charge < -0.3 is 19.5 Å². The molecule has 2 aliphatic rings. The zero-order valence-corrected chi connectivity index (χ0v) is 15.3. The van der Waals surface area contributed by atoms with Gasteiger partial charge in [0.2, 0.25) is 0 Å². The van der Waals surface area contributed by atoms with Gasteiger partial charge in [0.15, 0.2) is 0 Å². The van der Waals surface area contributed by atoms with E-state index in [1.54, 1.807) is 12.2 Å². The van der Waals surface area contributed by atoms with E-state index in [0.29, 0.717) is 31.4 Å². The zero-order valence-electron chi connectivity index (χ0n) is 15.3. The van der Waals surface area contributed by atoms with Gasteiger partial charge in [-0.3, -0.25) is 0 Å². The predicted octanol–water partition coefficient (Wildman–Crippen LogP) is 3.07. The van der Waals surface area contributed by atoms with Crippen molar-refractivity contribution in [3.05, 3.63) is 49.6 Å². The fraction of sp³-hybridized carbons (Fsp3) is 0.500. The van der Waals surface area contributed by atoms with Crippen LogP contribution in [0, 0.1) is 5.92 Å². The number of cyclic esters (lactones) is 1. The molecule has 2 fully saturated rings. The average Bonchev–Trinajstić information content (AvgIpc) is 3.18. The van der Waals surface area contributed by atoms with Crippen molar-refractivity contribution in [1.29, 1.82) is 0 Å². The summed E-state index contributed by atoms with van der Waals surface area (Å²) in [6.07, 6.45) is 4.29. The predicted molar refractivity (Wildman–Crippen MR) is 98.5 cm³/mol. The van der Waals surface area contributed by atoms with Crippen molar-refractivity contribution in [3.63, 3.8) is 0 Å². The van der Waals surface area contributed by atoms with Crippen molar-refractivity contribution in [2.45, 2.75) is 44.0 Å². The Morgan fingerprint density at radius 1 is 1.38 bits per heavy atom. The van der Waals surface area contributed by atoms with Crippen LogP contribution in [0.4, 0.5) is 4.79 Å². The topological polar surface area (TPSA) is 77.2 Å². The minimum Gasteiger partial charge on any atom is -0.455 e. The first-order valence-corrected chi connectivity index (χ1v) is 8.69. The van der Waals surface area contributed by atoms with Crippen molar-refractivity contribution in [3.8, 4) is 0 Å². The second-order valence-electron chi connectivity index (χ2n) is 6.88. The van der Waals surface area contributed by atoms with Gasteiger partial charge in [-0.1, -0.05) is 25.3 Å². The molecular weight excluding hydrogens is 334 g/mol. The van der Waals surface area contributed by atoms with Gasteiger partial charge in [0.05, 0.1) is 5.60 Å². The van der Waals surface area contributed by atoms with Crippen LogP contribution in [0.15, 0.2) is 49.6 Å². The van der Waals surface area contributed by atoms with Gasteiger partial charge in [-0.2, -0.15) is 0 Å². The molecule has 0 aromatic carbocycles. The molecule has 26 heavy (non-hydrogen) atoms. The van der Waals surface area contributed by atoms with E-state index in [4.69, 9.17) is 14.2 Å². The van der Waals surface area contributed by atoms with E-state index in [1.165, 1.54) is 0 Å². The van der Waals surface area contributed by atoms with Crippen molar-refractivity contribution >= 4 is 12.1 Å². The maximum Gasteiger partial charge on any atom is 0.407 e. The third kappa shape index (κ3) is 4.64. The molecule has 0 bridgehead atoms. The van der Waals surface area contributed by atoms with E-state index in [-0.39, 0.29) is 36.3 Å². The quantitative estimate of drug-likeness (QED) is 0.280. The third-order valence-electron chi connectivity index (χ3n) is 4.75. The van der Waals surface area contributed by atoms with Crippen LogP contribution in [0.3, 0.4) is 0 Å². The summed E-state index contributed by atoms with van der Waals surface area (Å²) in [6.45, 7) is 17.5. The second kappa shape index (κ2) is 8.36. The lowest BCUT2D eigenvalue weighted by Gasteiger charge is -2.18. The summed E-state index contributed by atoms with van der Waals surface area (Å²) in [5.74, 6) is -0.507. The van der Waals surface area contributed by atoms with Crippen LogP contribution in [0.2, 0.25) is 0 Å². The van der Waals surface area contributed by atoms with Gasteiger partial charge in [-0.25, -0.2) is 9.59 Å². The fourth-order valence-corrected chi connectivity index (χ4v) is 3.17. The molecule has 0 aliphatic carbocycles. The van der Waals surface area contributed by atoms with Gasteiger partial charge in [-0.05, 0) is 31.8 Å². The van der Waals surface area contributed by atoms with Crippen LogP contribution in [0.5, 0.6) is 0 Å². The Balaban J connectivity index is 1.84. The molecule has 0 radical (unpaired) electrons. The van der Waals surface area contributed by atoms with Crippen LogP contribution >= 0.6 is 0 Å². The molecule has 2 saturated heterocycles. The maximum absolute atomic E-state index is 12.0. The summed E-state index contributed by atoms with van der Waals surface area (Å²) in [4.78, 5) is 23.4. The number of hydrogen-bond acceptors (Lipinski definition) is 5. The van der Waals surface area contributed by atoms with E-state index in [2.05, 4.69) is 31.6 Å². The van der Waals surface area contributed by atoms with E-state index < -0.39 is 6.09 Å². The molecule has 6 nitrogen and oxygen atoms in total. The van der Waals surface area contributed by atoms with Gasteiger partial charge >= 0.3 is 12.1 Å². The van der Waals surface area contributed by atoms with Gasteiger partial charge in [0.1, 0.15) is 18.8 Å². The molecule has 0 spiro atoms. The maximum atomic E-state index is 12.0. The number of amides is 1. The Labute approximate surface area is 154 Å². The Hall–Kier alpha value is -2.34. The Morgan fingerprint density at radius 3 is 2.77 bits per heavy atom. The molecule has 1 amide bonds. The van der Waals surface area contributed by atoms with Crippen molar-refractivity contribution in [2.24, 2.45) is 5.92 Å². The summed E-state index contributed by atoms with van der Waals surface area (Å²) < 4.78 is 16.3. The Bertz CT molecular complexity index is 626. The molecule has 142 valence electrons. The number of epoxide rings is 1. The van der Waals surface area contributed by atoms with Crippen LogP contribution in [-0.4, -0.2) is 43.0 Å². The first-order chi connectivity index (χ1) is 12.3.